The zero-order valence-corrected chi connectivity index (χ0v) is 13.0. The van der Waals surface area contributed by atoms with Crippen LogP contribution in [0.5, 0.6) is 0 Å². The molecule has 1 aromatic rings. The number of aliphatic hydroxyl groups is 2. The Hall–Kier alpha value is -0.520. The van der Waals surface area contributed by atoms with Crippen molar-refractivity contribution in [2.24, 2.45) is 0 Å². The number of halogens is 1. The van der Waals surface area contributed by atoms with Gasteiger partial charge in [-0.15, -0.1) is 11.3 Å². The average molecular weight is 374 g/mol. The highest BCUT2D eigenvalue weighted by molar-refractivity contribution is 9.11. The van der Waals surface area contributed by atoms with Crippen LogP contribution < -0.4 is 4.72 Å². The van der Waals surface area contributed by atoms with Crippen LogP contribution in [0, 0.1) is 0 Å². The fourth-order valence-electron chi connectivity index (χ4n) is 1.02. The number of carboxylic acid groups (broad SMARTS) is 1. The predicted octanol–water partition coefficient (Wildman–Crippen LogP) is 0.230. The molecule has 0 amide bonds. The van der Waals surface area contributed by atoms with E-state index in [1.165, 1.54) is 6.92 Å². The van der Waals surface area contributed by atoms with Crippen molar-refractivity contribution in [1.29, 1.82) is 0 Å². The van der Waals surface area contributed by atoms with E-state index < -0.39 is 34.7 Å². The molecular weight excluding hydrogens is 362 g/mol. The maximum absolute atomic E-state index is 11.9. The summed E-state index contributed by atoms with van der Waals surface area (Å²) in [7, 11) is -3.97. The first kappa shape index (κ1) is 16.5. The van der Waals surface area contributed by atoms with Crippen LogP contribution in [0.3, 0.4) is 0 Å². The molecule has 0 fully saturated rings. The maximum atomic E-state index is 11.9. The van der Waals surface area contributed by atoms with Gasteiger partial charge in [0.25, 0.3) is 0 Å². The third kappa shape index (κ3) is 4.23. The van der Waals surface area contributed by atoms with Crippen LogP contribution in [0.4, 0.5) is 0 Å². The number of aliphatic hydroxyl groups excluding tert-OH is 1. The number of nitrogens with one attached hydrogen (secondary N) is 1. The molecule has 0 aliphatic rings. The third-order valence-electron chi connectivity index (χ3n) is 2.14. The van der Waals surface area contributed by atoms with E-state index in [4.69, 9.17) is 10.2 Å². The minimum absolute atomic E-state index is 0.124. The Morgan fingerprint density at radius 2 is 2.16 bits per heavy atom. The lowest BCUT2D eigenvalue weighted by Crippen LogP contribution is -2.43. The summed E-state index contributed by atoms with van der Waals surface area (Å²) in [5.41, 5.74) is -1.59. The summed E-state index contributed by atoms with van der Waals surface area (Å²) in [6.07, 6.45) is 0. The highest BCUT2D eigenvalue weighted by Gasteiger charge is 2.27. The van der Waals surface area contributed by atoms with Gasteiger partial charge in [-0.2, -0.15) is 0 Å². The van der Waals surface area contributed by atoms with Gasteiger partial charge in [0.2, 0.25) is 10.0 Å². The van der Waals surface area contributed by atoms with Crippen molar-refractivity contribution in [2.75, 3.05) is 13.2 Å². The number of sulfonamides is 1. The number of rotatable bonds is 6. The third-order valence-corrected chi connectivity index (χ3v) is 5.78. The highest BCUT2D eigenvalue weighted by atomic mass is 79.9. The monoisotopic (exact) mass is 373 g/mol. The molecule has 0 saturated carbocycles. The first-order valence-corrected chi connectivity index (χ1v) is 8.04. The molecule has 0 aliphatic carbocycles. The minimum Gasteiger partial charge on any atom is -0.477 e. The van der Waals surface area contributed by atoms with Crippen molar-refractivity contribution in [3.63, 3.8) is 0 Å². The number of aromatic carboxylic acids is 1. The SMILES string of the molecule is CC(O)(CO)CNS(=O)(=O)c1cc(C(=O)O)sc1Br. The molecule has 1 heterocycles. The molecule has 10 heteroatoms. The first-order valence-electron chi connectivity index (χ1n) is 4.94. The van der Waals surface area contributed by atoms with Gasteiger partial charge in [0.05, 0.1) is 16.0 Å². The Morgan fingerprint density at radius 1 is 1.58 bits per heavy atom. The van der Waals surface area contributed by atoms with E-state index in [1.807, 2.05) is 0 Å². The maximum Gasteiger partial charge on any atom is 0.345 e. The Kier molecular flexibility index (Phi) is 5.09. The highest BCUT2D eigenvalue weighted by Crippen LogP contribution is 2.31. The van der Waals surface area contributed by atoms with Crippen LogP contribution in [0.25, 0.3) is 0 Å². The molecule has 1 atom stereocenters. The minimum atomic E-state index is -3.97. The van der Waals surface area contributed by atoms with Crippen LogP contribution in [-0.4, -0.2) is 48.5 Å². The zero-order chi connectivity index (χ0) is 14.8. The van der Waals surface area contributed by atoms with Gasteiger partial charge < -0.3 is 15.3 Å². The van der Waals surface area contributed by atoms with Crippen molar-refractivity contribution in [2.45, 2.75) is 17.4 Å². The Bertz CT molecular complexity index is 580. The predicted molar refractivity (Wildman–Crippen MR) is 71.9 cm³/mol. The van der Waals surface area contributed by atoms with E-state index in [2.05, 4.69) is 20.7 Å². The largest absolute Gasteiger partial charge is 0.477 e. The van der Waals surface area contributed by atoms with Crippen molar-refractivity contribution in [1.82, 2.24) is 4.72 Å². The molecule has 7 nitrogen and oxygen atoms in total. The van der Waals surface area contributed by atoms with Crippen LogP contribution in [0.1, 0.15) is 16.6 Å². The van der Waals surface area contributed by atoms with Gasteiger partial charge in [-0.25, -0.2) is 17.9 Å². The molecule has 1 aromatic heterocycles. The molecule has 0 saturated heterocycles. The molecule has 0 spiro atoms. The first-order chi connectivity index (χ1) is 8.59. The van der Waals surface area contributed by atoms with Gasteiger partial charge in [-0.05, 0) is 28.9 Å². The number of hydrogen-bond donors (Lipinski definition) is 4. The van der Waals surface area contributed by atoms with Crippen molar-refractivity contribution in [3.05, 3.63) is 14.7 Å². The summed E-state index contributed by atoms with van der Waals surface area (Å²) in [6, 6.07) is 1.02. The van der Waals surface area contributed by atoms with Gasteiger partial charge in [-0.3, -0.25) is 0 Å². The lowest BCUT2D eigenvalue weighted by atomic mass is 10.1. The Labute approximate surface area is 122 Å². The van der Waals surface area contributed by atoms with E-state index in [0.29, 0.717) is 0 Å². The number of carbonyl (C=O) groups is 1. The summed E-state index contributed by atoms with van der Waals surface area (Å²) < 4.78 is 26.1. The summed E-state index contributed by atoms with van der Waals surface area (Å²) in [5, 5.41) is 27.1. The fraction of sp³-hybridized carbons (Fsp3) is 0.444. The quantitative estimate of drug-likeness (QED) is 0.565. The van der Waals surface area contributed by atoms with Crippen LogP contribution in [-0.2, 0) is 10.0 Å². The van der Waals surface area contributed by atoms with Gasteiger partial charge in [0.15, 0.2) is 0 Å². The summed E-state index contributed by atoms with van der Waals surface area (Å²) >= 11 is 3.76. The molecule has 0 radical (unpaired) electrons. The van der Waals surface area contributed by atoms with E-state index >= 15 is 0 Å². The van der Waals surface area contributed by atoms with Gasteiger partial charge >= 0.3 is 5.97 Å². The van der Waals surface area contributed by atoms with Gasteiger partial charge in [0.1, 0.15) is 9.77 Å². The molecule has 1 unspecified atom stereocenters. The molecule has 4 N–H and O–H groups in total. The second-order valence-electron chi connectivity index (χ2n) is 4.03. The van der Waals surface area contributed by atoms with Gasteiger partial charge in [-0.1, -0.05) is 0 Å². The van der Waals surface area contributed by atoms with Crippen molar-refractivity contribution in [3.8, 4) is 0 Å². The Morgan fingerprint density at radius 3 is 2.58 bits per heavy atom. The standard InChI is InChI=1S/C9H12BrNO6S2/c1-9(15,4-12)3-11-19(16,17)6-2-5(8(13)14)18-7(6)10/h2,11-12,15H,3-4H2,1H3,(H,13,14). The van der Waals surface area contributed by atoms with Crippen molar-refractivity contribution >= 4 is 43.3 Å². The molecule has 0 aliphatic heterocycles. The smallest absolute Gasteiger partial charge is 0.345 e. The second kappa shape index (κ2) is 5.85. The molecule has 1 rings (SSSR count). The molecule has 0 aromatic carbocycles. The van der Waals surface area contributed by atoms with E-state index in [0.717, 1.165) is 17.4 Å². The summed E-state index contributed by atoms with van der Waals surface area (Å²) in [4.78, 5) is 10.4. The lowest BCUT2D eigenvalue weighted by Gasteiger charge is -2.20. The summed E-state index contributed by atoms with van der Waals surface area (Å²) in [6.45, 7) is 0.262. The fourth-order valence-corrected chi connectivity index (χ4v) is 4.59. The molecular formula is C9H12BrNO6S2. The molecule has 108 valence electrons. The van der Waals surface area contributed by atoms with E-state index in [1.54, 1.807) is 0 Å². The normalized spacial score (nSPS) is 15.2. The summed E-state index contributed by atoms with van der Waals surface area (Å²) in [5.74, 6) is -1.23. The van der Waals surface area contributed by atoms with Crippen LogP contribution in [0.2, 0.25) is 0 Å². The molecule has 19 heavy (non-hydrogen) atoms. The van der Waals surface area contributed by atoms with Gasteiger partial charge in [0, 0.05) is 6.54 Å². The molecule has 0 bridgehead atoms. The number of thiophene rings is 1. The topological polar surface area (TPSA) is 124 Å². The Balaban J connectivity index is 2.98. The zero-order valence-electron chi connectivity index (χ0n) is 9.75. The van der Waals surface area contributed by atoms with Crippen LogP contribution >= 0.6 is 27.3 Å². The van der Waals surface area contributed by atoms with Crippen molar-refractivity contribution < 1.29 is 28.5 Å². The second-order valence-corrected chi connectivity index (χ2v) is 8.14. The van der Waals surface area contributed by atoms with Crippen LogP contribution in [0.15, 0.2) is 14.7 Å². The average Bonchev–Trinajstić information content (AvgIpc) is 2.70. The lowest BCUT2D eigenvalue weighted by molar-refractivity contribution is 0.00681. The van der Waals surface area contributed by atoms with E-state index in [-0.39, 0.29) is 13.6 Å². The number of carboxylic acids is 1. The van der Waals surface area contributed by atoms with E-state index in [9.17, 15) is 18.3 Å². The number of hydrogen-bond acceptors (Lipinski definition) is 6.